The Bertz CT molecular complexity index is 998. The zero-order valence-electron chi connectivity index (χ0n) is 18.8. The Kier molecular flexibility index (Phi) is 6.48. The third-order valence-electron chi connectivity index (χ3n) is 6.63. The number of nitrogens with one attached hydrogen (secondary N) is 1. The number of hydrogen-bond donors (Lipinski definition) is 1. The van der Waals surface area contributed by atoms with Crippen molar-refractivity contribution < 1.29 is 4.74 Å². The summed E-state index contributed by atoms with van der Waals surface area (Å²) in [5, 5.41) is 0. The molecule has 168 valence electrons. The van der Waals surface area contributed by atoms with Gasteiger partial charge in [0.1, 0.15) is 12.4 Å². The van der Waals surface area contributed by atoms with Crippen LogP contribution in [0.15, 0.2) is 55.1 Å². The van der Waals surface area contributed by atoms with E-state index in [2.05, 4.69) is 67.0 Å². The number of aromatic nitrogens is 3. The molecule has 1 atom stereocenters. The minimum Gasteiger partial charge on any atom is -0.492 e. The third kappa shape index (κ3) is 4.70. The first-order chi connectivity index (χ1) is 15.8. The first-order valence-corrected chi connectivity index (χ1v) is 11.6. The van der Waals surface area contributed by atoms with E-state index < -0.39 is 0 Å². The minimum atomic E-state index is 0.0945. The Labute approximate surface area is 190 Å². The SMILES string of the molecule is CN1CCN(CCOc2ccccc2CN2CCc3[nH]cnc3C2c2cccnc2)CC1. The summed E-state index contributed by atoms with van der Waals surface area (Å²) >= 11 is 0. The molecule has 2 aliphatic rings. The highest BCUT2D eigenvalue weighted by atomic mass is 16.5. The molecule has 0 spiro atoms. The van der Waals surface area contributed by atoms with Crippen LogP contribution in [0.3, 0.4) is 0 Å². The molecule has 1 saturated heterocycles. The van der Waals surface area contributed by atoms with Gasteiger partial charge in [-0.2, -0.15) is 0 Å². The molecule has 7 nitrogen and oxygen atoms in total. The van der Waals surface area contributed by atoms with Crippen molar-refractivity contribution in [2.45, 2.75) is 19.0 Å². The summed E-state index contributed by atoms with van der Waals surface area (Å²) < 4.78 is 6.29. The lowest BCUT2D eigenvalue weighted by Gasteiger charge is -2.35. The van der Waals surface area contributed by atoms with Gasteiger partial charge >= 0.3 is 0 Å². The lowest BCUT2D eigenvalue weighted by atomic mass is 9.96. The predicted octanol–water partition coefficient (Wildman–Crippen LogP) is 2.58. The van der Waals surface area contributed by atoms with Gasteiger partial charge in [-0.15, -0.1) is 0 Å². The number of aromatic amines is 1. The second-order valence-corrected chi connectivity index (χ2v) is 8.78. The van der Waals surface area contributed by atoms with Gasteiger partial charge in [0.2, 0.25) is 0 Å². The summed E-state index contributed by atoms with van der Waals surface area (Å²) in [6.07, 6.45) is 6.57. The number of para-hydroxylation sites is 1. The van der Waals surface area contributed by atoms with Crippen LogP contribution in [0.25, 0.3) is 0 Å². The second-order valence-electron chi connectivity index (χ2n) is 8.78. The van der Waals surface area contributed by atoms with Gasteiger partial charge in [-0.05, 0) is 24.7 Å². The molecular weight excluding hydrogens is 400 g/mol. The molecule has 5 rings (SSSR count). The smallest absolute Gasteiger partial charge is 0.123 e. The van der Waals surface area contributed by atoms with Crippen LogP contribution in [0.4, 0.5) is 0 Å². The Morgan fingerprint density at radius 1 is 1.06 bits per heavy atom. The first kappa shape index (κ1) is 21.1. The molecular formula is C25H32N6O. The number of pyridine rings is 1. The van der Waals surface area contributed by atoms with E-state index in [1.54, 1.807) is 0 Å². The first-order valence-electron chi connectivity index (χ1n) is 11.6. The fourth-order valence-corrected chi connectivity index (χ4v) is 4.75. The van der Waals surface area contributed by atoms with E-state index in [9.17, 15) is 0 Å². The van der Waals surface area contributed by atoms with Gasteiger partial charge in [-0.3, -0.25) is 14.8 Å². The number of benzene rings is 1. The van der Waals surface area contributed by atoms with Crippen molar-refractivity contribution in [2.75, 3.05) is 52.9 Å². The fraction of sp³-hybridized carbons (Fsp3) is 0.440. The van der Waals surface area contributed by atoms with E-state index >= 15 is 0 Å². The van der Waals surface area contributed by atoms with Gasteiger partial charge in [0, 0.05) is 75.9 Å². The molecule has 0 amide bonds. The zero-order chi connectivity index (χ0) is 21.8. The highest BCUT2D eigenvalue weighted by Gasteiger charge is 2.31. The fourth-order valence-electron chi connectivity index (χ4n) is 4.75. The molecule has 7 heteroatoms. The van der Waals surface area contributed by atoms with Crippen LogP contribution in [-0.4, -0.2) is 82.6 Å². The number of likely N-dealkylation sites (N-methyl/N-ethyl adjacent to an activating group) is 1. The third-order valence-corrected chi connectivity index (χ3v) is 6.63. The minimum absolute atomic E-state index is 0.0945. The van der Waals surface area contributed by atoms with Gasteiger partial charge < -0.3 is 14.6 Å². The molecule has 1 unspecified atom stereocenters. The predicted molar refractivity (Wildman–Crippen MR) is 125 cm³/mol. The van der Waals surface area contributed by atoms with Crippen LogP contribution in [-0.2, 0) is 13.0 Å². The summed E-state index contributed by atoms with van der Waals surface area (Å²) in [5.41, 5.74) is 4.73. The monoisotopic (exact) mass is 432 g/mol. The number of imidazole rings is 1. The molecule has 1 aromatic carbocycles. The average molecular weight is 433 g/mol. The van der Waals surface area contributed by atoms with E-state index in [1.807, 2.05) is 24.8 Å². The van der Waals surface area contributed by atoms with Gasteiger partial charge in [-0.25, -0.2) is 4.98 Å². The summed E-state index contributed by atoms with van der Waals surface area (Å²) in [6, 6.07) is 12.7. The van der Waals surface area contributed by atoms with E-state index in [-0.39, 0.29) is 6.04 Å². The van der Waals surface area contributed by atoms with Crippen molar-refractivity contribution in [3.05, 3.63) is 77.6 Å². The maximum Gasteiger partial charge on any atom is 0.123 e. The van der Waals surface area contributed by atoms with Crippen molar-refractivity contribution >= 4 is 0 Å². The van der Waals surface area contributed by atoms with Gasteiger partial charge in [0.25, 0.3) is 0 Å². The average Bonchev–Trinajstić information content (AvgIpc) is 3.31. The van der Waals surface area contributed by atoms with Gasteiger partial charge in [0.05, 0.1) is 18.1 Å². The van der Waals surface area contributed by atoms with Crippen LogP contribution in [0.1, 0.15) is 28.6 Å². The van der Waals surface area contributed by atoms with E-state index in [0.717, 1.165) is 70.3 Å². The Morgan fingerprint density at radius 3 is 2.78 bits per heavy atom. The number of rotatable bonds is 7. The molecule has 0 bridgehead atoms. The molecule has 2 aliphatic heterocycles. The molecule has 3 aromatic rings. The number of piperazine rings is 1. The molecule has 0 radical (unpaired) electrons. The Morgan fingerprint density at radius 2 is 1.94 bits per heavy atom. The normalized spacial score (nSPS) is 20.2. The van der Waals surface area contributed by atoms with Crippen molar-refractivity contribution in [2.24, 2.45) is 0 Å². The highest BCUT2D eigenvalue weighted by Crippen LogP contribution is 2.35. The van der Waals surface area contributed by atoms with E-state index in [4.69, 9.17) is 4.74 Å². The molecule has 4 heterocycles. The molecule has 2 aromatic heterocycles. The van der Waals surface area contributed by atoms with Crippen LogP contribution in [0.5, 0.6) is 5.75 Å². The number of nitrogens with zero attached hydrogens (tertiary/aromatic N) is 5. The van der Waals surface area contributed by atoms with Crippen molar-refractivity contribution in [1.29, 1.82) is 0 Å². The van der Waals surface area contributed by atoms with Crippen LogP contribution >= 0.6 is 0 Å². The maximum atomic E-state index is 6.29. The number of hydrogen-bond acceptors (Lipinski definition) is 6. The van der Waals surface area contributed by atoms with Gasteiger partial charge in [0.15, 0.2) is 0 Å². The molecule has 1 fully saturated rings. The van der Waals surface area contributed by atoms with Gasteiger partial charge in [-0.1, -0.05) is 24.3 Å². The van der Waals surface area contributed by atoms with E-state index in [1.165, 1.54) is 16.8 Å². The number of ether oxygens (including phenoxy) is 1. The quantitative estimate of drug-likeness (QED) is 0.619. The Balaban J connectivity index is 1.29. The largest absolute Gasteiger partial charge is 0.492 e. The standard InChI is InChI=1S/C25H32N6O/c1-29-11-13-30(14-12-29)15-16-32-23-7-3-2-5-21(23)18-31-10-8-22-24(28-19-27-22)25(31)20-6-4-9-26-17-20/h2-7,9,17,19,25H,8,10-16,18H2,1H3,(H,27,28). The molecule has 0 saturated carbocycles. The molecule has 1 N–H and O–H groups in total. The zero-order valence-corrected chi connectivity index (χ0v) is 18.8. The lowest BCUT2D eigenvalue weighted by molar-refractivity contribution is 0.132. The topological polar surface area (TPSA) is 60.5 Å². The summed E-state index contributed by atoms with van der Waals surface area (Å²) in [4.78, 5) is 19.7. The van der Waals surface area contributed by atoms with Crippen molar-refractivity contribution in [3.8, 4) is 5.75 Å². The van der Waals surface area contributed by atoms with E-state index in [0.29, 0.717) is 0 Å². The maximum absolute atomic E-state index is 6.29. The molecule has 0 aliphatic carbocycles. The lowest BCUT2D eigenvalue weighted by Crippen LogP contribution is -2.45. The highest BCUT2D eigenvalue weighted by molar-refractivity contribution is 5.35. The van der Waals surface area contributed by atoms with Crippen LogP contribution < -0.4 is 4.74 Å². The number of fused-ring (bicyclic) bond motifs is 1. The second kappa shape index (κ2) is 9.81. The Hall–Kier alpha value is -2.74. The summed E-state index contributed by atoms with van der Waals surface area (Å²) in [5.74, 6) is 0.986. The van der Waals surface area contributed by atoms with Crippen LogP contribution in [0, 0.1) is 0 Å². The number of H-pyrrole nitrogens is 1. The van der Waals surface area contributed by atoms with Crippen molar-refractivity contribution in [3.63, 3.8) is 0 Å². The summed E-state index contributed by atoms with van der Waals surface area (Å²) in [7, 11) is 2.19. The van der Waals surface area contributed by atoms with Crippen LogP contribution in [0.2, 0.25) is 0 Å². The van der Waals surface area contributed by atoms with Crippen molar-refractivity contribution in [1.82, 2.24) is 29.7 Å². The summed E-state index contributed by atoms with van der Waals surface area (Å²) in [6.45, 7) is 7.98. The molecule has 32 heavy (non-hydrogen) atoms.